The van der Waals surface area contributed by atoms with Crippen molar-refractivity contribution < 1.29 is 14.6 Å². The largest absolute Gasteiger partial charge is 0.480 e. The molecule has 0 saturated carbocycles. The molecule has 0 aliphatic carbocycles. The van der Waals surface area contributed by atoms with Crippen LogP contribution in [-0.2, 0) is 4.79 Å². The number of piperazine rings is 1. The molecular formula is C14H22N4O3. The Kier molecular flexibility index (Phi) is 4.95. The summed E-state index contributed by atoms with van der Waals surface area (Å²) in [7, 11) is 0. The first-order chi connectivity index (χ1) is 9.97. The molecule has 1 fully saturated rings. The predicted molar refractivity (Wildman–Crippen MR) is 78.7 cm³/mol. The molecule has 1 aliphatic heterocycles. The second kappa shape index (κ2) is 6.71. The Hall–Kier alpha value is -1.89. The fraction of sp³-hybridized carbons (Fsp3) is 0.643. The first-order valence-corrected chi connectivity index (χ1v) is 7.19. The molecule has 1 unspecified atom stereocenters. The van der Waals surface area contributed by atoms with Crippen LogP contribution in [0, 0.1) is 0 Å². The van der Waals surface area contributed by atoms with Crippen LogP contribution in [0.1, 0.15) is 20.8 Å². The Labute approximate surface area is 124 Å². The van der Waals surface area contributed by atoms with E-state index >= 15 is 0 Å². The molecule has 0 amide bonds. The fourth-order valence-corrected chi connectivity index (χ4v) is 2.26. The van der Waals surface area contributed by atoms with Gasteiger partial charge in [0.05, 0.1) is 6.10 Å². The molecule has 0 aromatic carbocycles. The maximum atomic E-state index is 11.0. The molecule has 0 radical (unpaired) electrons. The van der Waals surface area contributed by atoms with Crippen LogP contribution in [0.15, 0.2) is 12.3 Å². The quantitative estimate of drug-likeness (QED) is 0.862. The number of hydrogen-bond donors (Lipinski definition) is 1. The molecule has 7 nitrogen and oxygen atoms in total. The third kappa shape index (κ3) is 4.04. The van der Waals surface area contributed by atoms with Gasteiger partial charge in [0.2, 0.25) is 11.8 Å². The molecule has 21 heavy (non-hydrogen) atoms. The summed E-state index contributed by atoms with van der Waals surface area (Å²) in [6, 6.07) is 1.29. The molecule has 0 bridgehead atoms. The van der Waals surface area contributed by atoms with Crippen molar-refractivity contribution in [1.82, 2.24) is 14.9 Å². The number of carboxylic acid groups (broad SMARTS) is 1. The Morgan fingerprint density at radius 3 is 2.52 bits per heavy atom. The molecule has 1 saturated heterocycles. The van der Waals surface area contributed by atoms with Crippen molar-refractivity contribution >= 4 is 11.9 Å². The average Bonchev–Trinajstić information content (AvgIpc) is 2.46. The number of aromatic nitrogens is 2. The van der Waals surface area contributed by atoms with Crippen molar-refractivity contribution in [1.29, 1.82) is 0 Å². The summed E-state index contributed by atoms with van der Waals surface area (Å²) in [4.78, 5) is 23.7. The number of carboxylic acids is 1. The highest BCUT2D eigenvalue weighted by Gasteiger charge is 2.26. The van der Waals surface area contributed by atoms with E-state index in [0.29, 0.717) is 38.0 Å². The van der Waals surface area contributed by atoms with Gasteiger partial charge in [-0.2, -0.15) is 4.98 Å². The van der Waals surface area contributed by atoms with E-state index in [0.717, 1.165) is 0 Å². The van der Waals surface area contributed by atoms with Gasteiger partial charge in [-0.15, -0.1) is 0 Å². The minimum Gasteiger partial charge on any atom is -0.480 e. The van der Waals surface area contributed by atoms with Crippen LogP contribution in [0.2, 0.25) is 0 Å². The molecule has 1 N–H and O–H groups in total. The van der Waals surface area contributed by atoms with Gasteiger partial charge in [0.15, 0.2) is 0 Å². The Morgan fingerprint density at radius 2 is 1.95 bits per heavy atom. The van der Waals surface area contributed by atoms with Crippen LogP contribution in [0.3, 0.4) is 0 Å². The normalized spacial score (nSPS) is 17.8. The van der Waals surface area contributed by atoms with Gasteiger partial charge < -0.3 is 14.7 Å². The summed E-state index contributed by atoms with van der Waals surface area (Å²) >= 11 is 0. The number of rotatable bonds is 5. The lowest BCUT2D eigenvalue weighted by Crippen LogP contribution is -2.52. The van der Waals surface area contributed by atoms with Gasteiger partial charge in [0, 0.05) is 38.4 Å². The molecule has 116 valence electrons. The fourth-order valence-electron chi connectivity index (χ4n) is 2.26. The van der Waals surface area contributed by atoms with Crippen LogP contribution >= 0.6 is 0 Å². The van der Waals surface area contributed by atoms with Crippen LogP contribution in [-0.4, -0.2) is 64.3 Å². The van der Waals surface area contributed by atoms with Gasteiger partial charge in [-0.1, -0.05) is 0 Å². The van der Waals surface area contributed by atoms with Gasteiger partial charge >= 0.3 is 5.97 Å². The molecule has 1 aromatic heterocycles. The number of ether oxygens (including phenoxy) is 1. The maximum Gasteiger partial charge on any atom is 0.320 e. The third-order valence-electron chi connectivity index (χ3n) is 3.48. The molecular weight excluding hydrogens is 272 g/mol. The number of carbonyl (C=O) groups is 1. The van der Waals surface area contributed by atoms with Gasteiger partial charge in [-0.3, -0.25) is 9.69 Å². The molecule has 7 heteroatoms. The van der Waals surface area contributed by atoms with Gasteiger partial charge in [-0.05, 0) is 20.8 Å². The second-order valence-electron chi connectivity index (χ2n) is 5.40. The van der Waals surface area contributed by atoms with E-state index in [1.54, 1.807) is 19.2 Å². The smallest absolute Gasteiger partial charge is 0.320 e. The summed E-state index contributed by atoms with van der Waals surface area (Å²) in [5.74, 6) is 0.416. The Morgan fingerprint density at radius 1 is 1.29 bits per heavy atom. The van der Waals surface area contributed by atoms with Crippen LogP contribution in [0.25, 0.3) is 0 Å². The number of hydrogen-bond acceptors (Lipinski definition) is 6. The zero-order valence-corrected chi connectivity index (χ0v) is 12.7. The van der Waals surface area contributed by atoms with Crippen molar-refractivity contribution in [2.45, 2.75) is 32.9 Å². The monoisotopic (exact) mass is 294 g/mol. The maximum absolute atomic E-state index is 11.0. The summed E-state index contributed by atoms with van der Waals surface area (Å²) in [5, 5.41) is 9.04. The van der Waals surface area contributed by atoms with E-state index in [4.69, 9.17) is 9.84 Å². The number of anilines is 1. The second-order valence-corrected chi connectivity index (χ2v) is 5.40. The lowest BCUT2D eigenvalue weighted by atomic mass is 10.2. The van der Waals surface area contributed by atoms with E-state index in [1.807, 2.05) is 18.7 Å². The first-order valence-electron chi connectivity index (χ1n) is 7.19. The van der Waals surface area contributed by atoms with Crippen LogP contribution < -0.4 is 9.64 Å². The Balaban J connectivity index is 1.97. The average molecular weight is 294 g/mol. The zero-order chi connectivity index (χ0) is 15.4. The van der Waals surface area contributed by atoms with E-state index in [-0.39, 0.29) is 6.10 Å². The third-order valence-corrected chi connectivity index (χ3v) is 3.48. The summed E-state index contributed by atoms with van der Waals surface area (Å²) in [5.41, 5.74) is 0. The van der Waals surface area contributed by atoms with Gasteiger partial charge in [0.1, 0.15) is 6.04 Å². The van der Waals surface area contributed by atoms with Crippen molar-refractivity contribution in [3.8, 4) is 5.88 Å². The zero-order valence-electron chi connectivity index (χ0n) is 12.7. The number of nitrogens with zero attached hydrogens (tertiary/aromatic N) is 4. The van der Waals surface area contributed by atoms with E-state index in [9.17, 15) is 4.79 Å². The molecule has 0 spiro atoms. The summed E-state index contributed by atoms with van der Waals surface area (Å²) in [6.07, 6.45) is 1.76. The highest BCUT2D eigenvalue weighted by Crippen LogP contribution is 2.16. The summed E-state index contributed by atoms with van der Waals surface area (Å²) < 4.78 is 5.57. The predicted octanol–water partition coefficient (Wildman–Crippen LogP) is 0.859. The van der Waals surface area contributed by atoms with Crippen molar-refractivity contribution in [2.24, 2.45) is 0 Å². The van der Waals surface area contributed by atoms with Crippen LogP contribution in [0.5, 0.6) is 5.88 Å². The molecule has 2 heterocycles. The summed E-state index contributed by atoms with van der Waals surface area (Å²) in [6.45, 7) is 8.41. The SMILES string of the molecule is CC(C)Oc1ccnc(N2CCN(C(C)C(=O)O)CC2)n1. The lowest BCUT2D eigenvalue weighted by Gasteiger charge is -2.36. The van der Waals surface area contributed by atoms with E-state index in [2.05, 4.69) is 14.9 Å². The van der Waals surface area contributed by atoms with Gasteiger partial charge in [0.25, 0.3) is 0 Å². The molecule has 1 aromatic rings. The van der Waals surface area contributed by atoms with Crippen molar-refractivity contribution in [3.05, 3.63) is 12.3 Å². The van der Waals surface area contributed by atoms with E-state index < -0.39 is 12.0 Å². The minimum absolute atomic E-state index is 0.0704. The number of aliphatic carboxylic acids is 1. The highest BCUT2D eigenvalue weighted by atomic mass is 16.5. The minimum atomic E-state index is -0.785. The Bertz CT molecular complexity index is 487. The van der Waals surface area contributed by atoms with Crippen molar-refractivity contribution in [2.75, 3.05) is 31.1 Å². The topological polar surface area (TPSA) is 78.8 Å². The van der Waals surface area contributed by atoms with E-state index in [1.165, 1.54) is 0 Å². The van der Waals surface area contributed by atoms with Gasteiger partial charge in [-0.25, -0.2) is 4.98 Å². The first kappa shape index (κ1) is 15.5. The van der Waals surface area contributed by atoms with Crippen LogP contribution in [0.4, 0.5) is 5.95 Å². The molecule has 1 aliphatic rings. The van der Waals surface area contributed by atoms with Crippen molar-refractivity contribution in [3.63, 3.8) is 0 Å². The lowest BCUT2D eigenvalue weighted by molar-refractivity contribution is -0.142. The molecule has 1 atom stereocenters. The highest BCUT2D eigenvalue weighted by molar-refractivity contribution is 5.72. The standard InChI is InChI=1S/C14H22N4O3/c1-10(2)21-12-4-5-15-14(16-12)18-8-6-17(7-9-18)11(3)13(19)20/h4-5,10-11H,6-9H2,1-3H3,(H,19,20). The molecule has 2 rings (SSSR count).